The Labute approximate surface area is 157 Å². The van der Waals surface area contributed by atoms with Gasteiger partial charge < -0.3 is 5.32 Å². The van der Waals surface area contributed by atoms with Crippen molar-refractivity contribution < 1.29 is 18.0 Å². The van der Waals surface area contributed by atoms with Crippen molar-refractivity contribution in [3.8, 4) is 0 Å². The second kappa shape index (κ2) is 8.39. The minimum absolute atomic E-state index is 0.000129. The highest BCUT2D eigenvalue weighted by atomic mass is 32.2. The molecule has 0 atom stereocenters. The molecular formula is C17H18F3N3OS2. The van der Waals surface area contributed by atoms with Crippen LogP contribution < -0.4 is 5.32 Å². The van der Waals surface area contributed by atoms with Gasteiger partial charge in [0.05, 0.1) is 5.56 Å². The number of benzene rings is 1. The van der Waals surface area contributed by atoms with Gasteiger partial charge in [-0.15, -0.1) is 10.2 Å². The Kier molecular flexibility index (Phi) is 6.18. The van der Waals surface area contributed by atoms with Crippen LogP contribution in [-0.2, 0) is 16.7 Å². The fraction of sp³-hybridized carbons (Fsp3) is 0.471. The highest BCUT2D eigenvalue weighted by Gasteiger charge is 2.29. The highest BCUT2D eigenvalue weighted by Crippen LogP contribution is 2.32. The third-order valence-corrected chi connectivity index (χ3v) is 6.30. The molecule has 26 heavy (non-hydrogen) atoms. The van der Waals surface area contributed by atoms with Crippen molar-refractivity contribution in [1.82, 2.24) is 10.2 Å². The number of nitrogens with one attached hydrogen (secondary N) is 1. The molecule has 1 heterocycles. The molecule has 1 amide bonds. The van der Waals surface area contributed by atoms with Gasteiger partial charge in [-0.05, 0) is 30.5 Å². The van der Waals surface area contributed by atoms with Crippen molar-refractivity contribution in [2.45, 2.75) is 48.4 Å². The second-order valence-electron chi connectivity index (χ2n) is 6.18. The molecule has 0 bridgehead atoms. The van der Waals surface area contributed by atoms with E-state index in [2.05, 4.69) is 15.5 Å². The molecule has 1 aromatic carbocycles. The lowest BCUT2D eigenvalue weighted by Crippen LogP contribution is -2.24. The first-order valence-electron chi connectivity index (χ1n) is 8.35. The summed E-state index contributed by atoms with van der Waals surface area (Å²) in [5, 5.41) is 11.3. The van der Waals surface area contributed by atoms with Gasteiger partial charge in [0.2, 0.25) is 11.0 Å². The van der Waals surface area contributed by atoms with E-state index in [0.717, 1.165) is 43.4 Å². The van der Waals surface area contributed by atoms with Crippen LogP contribution in [0.1, 0.15) is 43.2 Å². The van der Waals surface area contributed by atoms with Gasteiger partial charge in [-0.2, -0.15) is 13.2 Å². The quantitative estimate of drug-likeness (QED) is 0.541. The fourth-order valence-electron chi connectivity index (χ4n) is 2.83. The lowest BCUT2D eigenvalue weighted by molar-refractivity contribution is -0.137. The highest BCUT2D eigenvalue weighted by molar-refractivity contribution is 8.00. The third-order valence-electron chi connectivity index (χ3n) is 4.26. The van der Waals surface area contributed by atoms with Gasteiger partial charge >= 0.3 is 6.18 Å². The van der Waals surface area contributed by atoms with Crippen molar-refractivity contribution in [3.63, 3.8) is 0 Å². The van der Waals surface area contributed by atoms with E-state index in [1.54, 1.807) is 0 Å². The van der Waals surface area contributed by atoms with Gasteiger partial charge in [-0.1, -0.05) is 54.5 Å². The summed E-state index contributed by atoms with van der Waals surface area (Å²) in [7, 11) is 0. The number of halogens is 3. The molecule has 0 radical (unpaired) electrons. The Bertz CT molecular complexity index is 740. The zero-order valence-electron chi connectivity index (χ0n) is 13.9. The number of thioether (sulfide) groups is 1. The number of carbonyl (C=O) groups excluding carboxylic acids is 1. The molecule has 2 aromatic rings. The summed E-state index contributed by atoms with van der Waals surface area (Å²) in [4.78, 5) is 12.2. The third kappa shape index (κ3) is 5.20. The van der Waals surface area contributed by atoms with E-state index in [1.807, 2.05) is 0 Å². The van der Waals surface area contributed by atoms with Gasteiger partial charge in [0, 0.05) is 11.7 Å². The lowest BCUT2D eigenvalue weighted by atomic mass is 9.89. The monoisotopic (exact) mass is 401 g/mol. The van der Waals surface area contributed by atoms with Gasteiger partial charge in [0.15, 0.2) is 4.34 Å². The number of alkyl halides is 3. The van der Waals surface area contributed by atoms with Crippen molar-refractivity contribution >= 4 is 34.1 Å². The summed E-state index contributed by atoms with van der Waals surface area (Å²) in [5.74, 6) is 0.541. The Morgan fingerprint density at radius 3 is 2.50 bits per heavy atom. The zero-order chi connectivity index (χ0) is 18.6. The normalized spacial score (nSPS) is 15.8. The topological polar surface area (TPSA) is 54.9 Å². The number of rotatable bonds is 5. The van der Waals surface area contributed by atoms with Crippen LogP contribution in [0.5, 0.6) is 0 Å². The largest absolute Gasteiger partial charge is 0.416 e. The summed E-state index contributed by atoms with van der Waals surface area (Å²) < 4.78 is 38.3. The Hall–Kier alpha value is -1.61. The molecule has 140 valence electrons. The Morgan fingerprint density at radius 1 is 1.15 bits per heavy atom. The van der Waals surface area contributed by atoms with Crippen LogP contribution in [-0.4, -0.2) is 16.1 Å². The number of aromatic nitrogens is 2. The Balaban J connectivity index is 1.51. The zero-order valence-corrected chi connectivity index (χ0v) is 15.5. The number of nitrogens with zero attached hydrogens (tertiary/aromatic N) is 2. The molecule has 9 heteroatoms. The first kappa shape index (κ1) is 19.2. The molecule has 0 aliphatic heterocycles. The van der Waals surface area contributed by atoms with E-state index in [-0.39, 0.29) is 11.8 Å². The SMILES string of the molecule is O=C(Nc1nnc(SCc2ccc(C(F)(F)F)cc2)s1)C1CCCCC1. The van der Waals surface area contributed by atoms with Crippen molar-refractivity contribution in [2.24, 2.45) is 5.92 Å². The summed E-state index contributed by atoms with van der Waals surface area (Å²) in [5.41, 5.74) is 0.112. The average molecular weight is 401 g/mol. The van der Waals surface area contributed by atoms with E-state index in [1.165, 1.54) is 41.7 Å². The predicted molar refractivity (Wildman–Crippen MR) is 96.1 cm³/mol. The molecule has 3 rings (SSSR count). The number of anilines is 1. The fourth-order valence-corrected chi connectivity index (χ4v) is 4.54. The summed E-state index contributed by atoms with van der Waals surface area (Å²) in [6, 6.07) is 5.07. The summed E-state index contributed by atoms with van der Waals surface area (Å²) in [6.07, 6.45) is 0.870. The van der Waals surface area contributed by atoms with E-state index in [4.69, 9.17) is 0 Å². The van der Waals surface area contributed by atoms with Crippen LogP contribution in [0.3, 0.4) is 0 Å². The maximum atomic E-state index is 12.6. The van der Waals surface area contributed by atoms with Crippen molar-refractivity contribution in [2.75, 3.05) is 5.32 Å². The van der Waals surface area contributed by atoms with E-state index in [0.29, 0.717) is 15.2 Å². The number of amides is 1. The number of carbonyl (C=O) groups is 1. The Morgan fingerprint density at radius 2 is 1.85 bits per heavy atom. The van der Waals surface area contributed by atoms with Gasteiger partial charge in [0.25, 0.3) is 0 Å². The van der Waals surface area contributed by atoms with Crippen LogP contribution in [0.15, 0.2) is 28.6 Å². The van der Waals surface area contributed by atoms with Crippen LogP contribution >= 0.6 is 23.1 Å². The smallest absolute Gasteiger partial charge is 0.300 e. The molecule has 0 unspecified atom stereocenters. The minimum atomic E-state index is -4.32. The molecule has 1 aliphatic carbocycles. The maximum Gasteiger partial charge on any atom is 0.416 e. The van der Waals surface area contributed by atoms with Crippen molar-refractivity contribution in [1.29, 1.82) is 0 Å². The molecule has 0 saturated heterocycles. The number of hydrogen-bond donors (Lipinski definition) is 1. The molecule has 1 aliphatic rings. The standard InChI is InChI=1S/C17H18F3N3OS2/c18-17(19,20)13-8-6-11(7-9-13)10-25-16-23-22-15(26-16)21-14(24)12-4-2-1-3-5-12/h6-9,12H,1-5,10H2,(H,21,22,24). The van der Waals surface area contributed by atoms with Crippen LogP contribution in [0.25, 0.3) is 0 Å². The van der Waals surface area contributed by atoms with E-state index >= 15 is 0 Å². The minimum Gasteiger partial charge on any atom is -0.300 e. The van der Waals surface area contributed by atoms with E-state index < -0.39 is 11.7 Å². The van der Waals surface area contributed by atoms with Crippen LogP contribution in [0.4, 0.5) is 18.3 Å². The second-order valence-corrected chi connectivity index (χ2v) is 8.38. The predicted octanol–water partition coefficient (Wildman–Crippen LogP) is 5.37. The van der Waals surface area contributed by atoms with Crippen molar-refractivity contribution in [3.05, 3.63) is 35.4 Å². The molecule has 1 aromatic heterocycles. The maximum absolute atomic E-state index is 12.6. The molecule has 4 nitrogen and oxygen atoms in total. The first-order chi connectivity index (χ1) is 12.4. The van der Waals surface area contributed by atoms with Gasteiger partial charge in [-0.25, -0.2) is 0 Å². The lowest BCUT2D eigenvalue weighted by Gasteiger charge is -2.19. The molecule has 0 spiro atoms. The molecule has 1 saturated carbocycles. The number of hydrogen-bond acceptors (Lipinski definition) is 5. The molecule has 1 N–H and O–H groups in total. The van der Waals surface area contributed by atoms with Crippen LogP contribution in [0.2, 0.25) is 0 Å². The van der Waals surface area contributed by atoms with Gasteiger partial charge in [0.1, 0.15) is 0 Å². The molecular weight excluding hydrogens is 383 g/mol. The molecule has 1 fully saturated rings. The van der Waals surface area contributed by atoms with E-state index in [9.17, 15) is 18.0 Å². The van der Waals surface area contributed by atoms with Gasteiger partial charge in [-0.3, -0.25) is 4.79 Å². The van der Waals surface area contributed by atoms with Crippen LogP contribution in [0, 0.1) is 5.92 Å². The average Bonchev–Trinajstić information content (AvgIpc) is 3.08. The summed E-state index contributed by atoms with van der Waals surface area (Å²) >= 11 is 2.66. The first-order valence-corrected chi connectivity index (χ1v) is 10.2. The summed E-state index contributed by atoms with van der Waals surface area (Å²) in [6.45, 7) is 0.